The number of fused-ring (bicyclic) bond motifs is 1. The van der Waals surface area contributed by atoms with Crippen LogP contribution in [0.5, 0.6) is 17.2 Å². The number of nitrogens with one attached hydrogen (secondary N) is 1. The number of methoxy groups -OCH3 is 1. The molecule has 0 aliphatic carbocycles. The number of anilines is 1. The van der Waals surface area contributed by atoms with Crippen LogP contribution in [0.1, 0.15) is 5.56 Å². The first kappa shape index (κ1) is 14.8. The maximum atomic E-state index is 5.42. The molecule has 0 fully saturated rings. The zero-order chi connectivity index (χ0) is 16.4. The Morgan fingerprint density at radius 1 is 1.12 bits per heavy atom. The molecule has 1 aliphatic rings. The van der Waals surface area contributed by atoms with Crippen molar-refractivity contribution in [2.45, 2.75) is 6.54 Å². The quantitative estimate of drug-likeness (QED) is 0.756. The highest BCUT2D eigenvalue weighted by Gasteiger charge is 2.15. The van der Waals surface area contributed by atoms with Crippen molar-refractivity contribution in [3.05, 3.63) is 53.4 Å². The molecular weight excluding hydrogens is 324 g/mol. The molecule has 0 radical (unpaired) electrons. The highest BCUT2D eigenvalue weighted by atomic mass is 32.1. The van der Waals surface area contributed by atoms with Crippen LogP contribution in [0.15, 0.2) is 47.8 Å². The summed E-state index contributed by atoms with van der Waals surface area (Å²) >= 11 is 1.59. The summed E-state index contributed by atoms with van der Waals surface area (Å²) in [4.78, 5) is 4.64. The number of nitrogens with zero attached hydrogens (tertiary/aromatic N) is 1. The lowest BCUT2D eigenvalue weighted by Gasteiger charge is -2.04. The fourth-order valence-electron chi connectivity index (χ4n) is 2.46. The number of rotatable bonds is 5. The maximum absolute atomic E-state index is 5.42. The summed E-state index contributed by atoms with van der Waals surface area (Å²) in [7, 11) is 1.67. The molecule has 0 spiro atoms. The smallest absolute Gasteiger partial charge is 0.231 e. The van der Waals surface area contributed by atoms with Gasteiger partial charge in [0.15, 0.2) is 16.6 Å². The lowest BCUT2D eigenvalue weighted by molar-refractivity contribution is 0.174. The van der Waals surface area contributed by atoms with Gasteiger partial charge in [0.05, 0.1) is 12.8 Å². The number of benzene rings is 2. The van der Waals surface area contributed by atoms with Crippen LogP contribution in [0, 0.1) is 0 Å². The van der Waals surface area contributed by atoms with Crippen molar-refractivity contribution in [3.63, 3.8) is 0 Å². The van der Waals surface area contributed by atoms with E-state index in [1.807, 2.05) is 47.8 Å². The molecule has 1 aromatic heterocycles. The van der Waals surface area contributed by atoms with Crippen LogP contribution < -0.4 is 19.5 Å². The SMILES string of the molecule is COc1ccc(CNc2nc(-c3ccc4c(c3)OCO4)cs2)cc1. The van der Waals surface area contributed by atoms with Crippen LogP contribution in [-0.4, -0.2) is 18.9 Å². The van der Waals surface area contributed by atoms with E-state index in [-0.39, 0.29) is 6.79 Å². The van der Waals surface area contributed by atoms with Gasteiger partial charge in [0.1, 0.15) is 5.75 Å². The average Bonchev–Trinajstić information content (AvgIpc) is 3.29. The zero-order valence-electron chi connectivity index (χ0n) is 13.1. The molecule has 1 N–H and O–H groups in total. The van der Waals surface area contributed by atoms with Gasteiger partial charge >= 0.3 is 0 Å². The van der Waals surface area contributed by atoms with E-state index >= 15 is 0 Å². The molecule has 4 rings (SSSR count). The first-order chi connectivity index (χ1) is 11.8. The molecule has 122 valence electrons. The van der Waals surface area contributed by atoms with E-state index in [0.29, 0.717) is 0 Å². The van der Waals surface area contributed by atoms with Crippen molar-refractivity contribution in [1.82, 2.24) is 4.98 Å². The summed E-state index contributed by atoms with van der Waals surface area (Å²) in [6.07, 6.45) is 0. The first-order valence-corrected chi connectivity index (χ1v) is 8.42. The van der Waals surface area contributed by atoms with Crippen LogP contribution in [0.3, 0.4) is 0 Å². The number of thiazole rings is 1. The molecule has 1 aliphatic heterocycles. The van der Waals surface area contributed by atoms with Gasteiger partial charge in [-0.3, -0.25) is 0 Å². The molecule has 0 saturated carbocycles. The summed E-state index contributed by atoms with van der Waals surface area (Å²) in [6, 6.07) is 13.9. The van der Waals surface area contributed by atoms with Gasteiger partial charge in [-0.05, 0) is 35.9 Å². The van der Waals surface area contributed by atoms with E-state index in [1.165, 1.54) is 5.56 Å². The second kappa shape index (κ2) is 6.41. The second-order valence-electron chi connectivity index (χ2n) is 5.31. The standard InChI is InChI=1S/C18H16N2O3S/c1-21-14-5-2-12(3-6-14)9-19-18-20-15(10-24-18)13-4-7-16-17(8-13)23-11-22-16/h2-8,10H,9,11H2,1H3,(H,19,20). The Kier molecular flexibility index (Phi) is 3.96. The Morgan fingerprint density at radius 2 is 1.96 bits per heavy atom. The van der Waals surface area contributed by atoms with Gasteiger partial charge in [0.25, 0.3) is 0 Å². The normalized spacial score (nSPS) is 12.2. The minimum atomic E-state index is 0.282. The lowest BCUT2D eigenvalue weighted by Crippen LogP contribution is -1.98. The predicted molar refractivity (Wildman–Crippen MR) is 94.0 cm³/mol. The van der Waals surface area contributed by atoms with E-state index in [1.54, 1.807) is 18.4 Å². The summed E-state index contributed by atoms with van der Waals surface area (Å²) in [5, 5.41) is 6.27. The van der Waals surface area contributed by atoms with E-state index < -0.39 is 0 Å². The molecule has 24 heavy (non-hydrogen) atoms. The largest absolute Gasteiger partial charge is 0.497 e. The van der Waals surface area contributed by atoms with E-state index in [2.05, 4.69) is 10.3 Å². The van der Waals surface area contributed by atoms with E-state index in [4.69, 9.17) is 14.2 Å². The highest BCUT2D eigenvalue weighted by molar-refractivity contribution is 7.14. The van der Waals surface area contributed by atoms with Gasteiger partial charge < -0.3 is 19.5 Å². The van der Waals surface area contributed by atoms with E-state index in [9.17, 15) is 0 Å². The van der Waals surface area contributed by atoms with Crippen molar-refractivity contribution < 1.29 is 14.2 Å². The molecule has 0 atom stereocenters. The molecule has 2 aromatic carbocycles. The van der Waals surface area contributed by atoms with Gasteiger partial charge in [0, 0.05) is 17.5 Å². The van der Waals surface area contributed by atoms with Crippen molar-refractivity contribution in [3.8, 4) is 28.5 Å². The molecule has 6 heteroatoms. The third-order valence-corrected chi connectivity index (χ3v) is 4.58. The minimum Gasteiger partial charge on any atom is -0.497 e. The van der Waals surface area contributed by atoms with Crippen LogP contribution in [0.2, 0.25) is 0 Å². The molecule has 3 aromatic rings. The number of ether oxygens (including phenoxy) is 3. The fraction of sp³-hybridized carbons (Fsp3) is 0.167. The van der Waals surface area contributed by atoms with Gasteiger partial charge in [-0.25, -0.2) is 4.98 Å². The number of hydrogen-bond donors (Lipinski definition) is 1. The summed E-state index contributed by atoms with van der Waals surface area (Å²) < 4.78 is 15.9. The maximum Gasteiger partial charge on any atom is 0.231 e. The molecular formula is C18H16N2O3S. The van der Waals surface area contributed by atoms with Gasteiger partial charge in [-0.2, -0.15) is 0 Å². The van der Waals surface area contributed by atoms with Crippen molar-refractivity contribution >= 4 is 16.5 Å². The van der Waals surface area contributed by atoms with Crippen LogP contribution in [0.4, 0.5) is 5.13 Å². The van der Waals surface area contributed by atoms with Crippen molar-refractivity contribution in [2.75, 3.05) is 19.2 Å². The third kappa shape index (κ3) is 3.00. The van der Waals surface area contributed by atoms with Gasteiger partial charge in [-0.15, -0.1) is 11.3 Å². The number of aromatic nitrogens is 1. The fourth-order valence-corrected chi connectivity index (χ4v) is 3.18. The number of hydrogen-bond acceptors (Lipinski definition) is 6. The summed E-state index contributed by atoms with van der Waals surface area (Å²) in [5.74, 6) is 2.41. The lowest BCUT2D eigenvalue weighted by atomic mass is 10.1. The molecule has 0 bridgehead atoms. The molecule has 5 nitrogen and oxygen atoms in total. The summed E-state index contributed by atoms with van der Waals surface area (Å²) in [5.41, 5.74) is 3.12. The molecule has 2 heterocycles. The Morgan fingerprint density at radius 3 is 2.79 bits per heavy atom. The van der Waals surface area contributed by atoms with Gasteiger partial charge in [-0.1, -0.05) is 12.1 Å². The van der Waals surface area contributed by atoms with Crippen LogP contribution in [-0.2, 0) is 6.54 Å². The average molecular weight is 340 g/mol. The highest BCUT2D eigenvalue weighted by Crippen LogP contribution is 2.36. The predicted octanol–water partition coefficient (Wildman–Crippen LogP) is 4.16. The van der Waals surface area contributed by atoms with Crippen LogP contribution >= 0.6 is 11.3 Å². The second-order valence-corrected chi connectivity index (χ2v) is 6.17. The Hall–Kier alpha value is -2.73. The molecule has 0 unspecified atom stereocenters. The first-order valence-electron chi connectivity index (χ1n) is 7.54. The third-order valence-electron chi connectivity index (χ3n) is 3.78. The Bertz CT molecular complexity index is 846. The Balaban J connectivity index is 1.44. The van der Waals surface area contributed by atoms with Crippen molar-refractivity contribution in [1.29, 1.82) is 0 Å². The van der Waals surface area contributed by atoms with Gasteiger partial charge in [0.2, 0.25) is 6.79 Å². The summed E-state index contributed by atoms with van der Waals surface area (Å²) in [6.45, 7) is 1.00. The van der Waals surface area contributed by atoms with Crippen molar-refractivity contribution in [2.24, 2.45) is 0 Å². The zero-order valence-corrected chi connectivity index (χ0v) is 13.9. The molecule has 0 saturated heterocycles. The van der Waals surface area contributed by atoms with Crippen LogP contribution in [0.25, 0.3) is 11.3 Å². The minimum absolute atomic E-state index is 0.282. The topological polar surface area (TPSA) is 52.6 Å². The van der Waals surface area contributed by atoms with E-state index in [0.717, 1.165) is 40.2 Å². The Labute approximate surface area is 143 Å². The molecule has 0 amide bonds. The monoisotopic (exact) mass is 340 g/mol.